The van der Waals surface area contributed by atoms with Gasteiger partial charge in [-0.1, -0.05) is 30.3 Å². The Hall–Kier alpha value is -1.92. The van der Waals surface area contributed by atoms with Gasteiger partial charge in [0, 0.05) is 19.6 Å². The number of ether oxygens (including phenoxy) is 1. The Morgan fingerprint density at radius 2 is 2.00 bits per heavy atom. The maximum absolute atomic E-state index is 12.7. The van der Waals surface area contributed by atoms with E-state index in [9.17, 15) is 9.59 Å². The Bertz CT molecular complexity index is 545. The quantitative estimate of drug-likeness (QED) is 0.848. The minimum Gasteiger partial charge on any atom is -0.445 e. The molecule has 0 saturated carbocycles. The van der Waals surface area contributed by atoms with E-state index in [2.05, 4.69) is 5.32 Å². The van der Waals surface area contributed by atoms with Gasteiger partial charge in [0.25, 0.3) is 0 Å². The summed E-state index contributed by atoms with van der Waals surface area (Å²) >= 11 is 0. The third kappa shape index (κ3) is 4.30. The molecule has 0 spiro atoms. The zero-order valence-corrected chi connectivity index (χ0v) is 14.1. The Balaban J connectivity index is 2.02. The molecule has 1 atom stereocenters. The van der Waals surface area contributed by atoms with Gasteiger partial charge in [0.1, 0.15) is 6.61 Å². The van der Waals surface area contributed by atoms with E-state index in [1.54, 1.807) is 4.90 Å². The Kier molecular flexibility index (Phi) is 5.74. The van der Waals surface area contributed by atoms with Gasteiger partial charge >= 0.3 is 12.0 Å². The highest BCUT2D eigenvalue weighted by Crippen LogP contribution is 2.13. The number of carbonyl (C=O) groups excluding carboxylic acids is 2. The largest absolute Gasteiger partial charge is 0.445 e. The molecule has 1 aliphatic heterocycles. The average molecular weight is 320 g/mol. The molecule has 1 aromatic rings. The van der Waals surface area contributed by atoms with Gasteiger partial charge in [0.2, 0.25) is 0 Å². The molecule has 0 bridgehead atoms. The summed E-state index contributed by atoms with van der Waals surface area (Å²) in [6.07, 6.45) is -0.426. The van der Waals surface area contributed by atoms with Crippen molar-refractivity contribution in [2.45, 2.75) is 19.6 Å². The molecular formula is C17H26N3O3+. The Labute approximate surface area is 137 Å². The standard InChI is InChI=1S/C17H26N3O3/c1-4-20(2,3)16(21)15-12-18-10-11-19(15)17(22)23-13-14-8-6-5-7-9-14/h5-9,15,18H,4,10-13H2,1-3H3/q+1/t15-/m0/s1. The molecule has 1 aliphatic rings. The first-order valence-corrected chi connectivity index (χ1v) is 8.01. The summed E-state index contributed by atoms with van der Waals surface area (Å²) < 4.78 is 5.64. The lowest BCUT2D eigenvalue weighted by atomic mass is 10.1. The summed E-state index contributed by atoms with van der Waals surface area (Å²) in [6.45, 7) is 4.49. The molecule has 0 aromatic heterocycles. The third-order valence-electron chi connectivity index (χ3n) is 4.36. The number of amides is 2. The van der Waals surface area contributed by atoms with Crippen molar-refractivity contribution >= 4 is 12.0 Å². The van der Waals surface area contributed by atoms with Gasteiger partial charge in [-0.05, 0) is 12.5 Å². The monoisotopic (exact) mass is 320 g/mol. The van der Waals surface area contributed by atoms with Crippen molar-refractivity contribution in [1.82, 2.24) is 10.2 Å². The molecule has 126 valence electrons. The van der Waals surface area contributed by atoms with Gasteiger partial charge in [0.15, 0.2) is 6.04 Å². The van der Waals surface area contributed by atoms with Crippen molar-refractivity contribution in [1.29, 1.82) is 0 Å². The predicted octanol–water partition coefficient (Wildman–Crippen LogP) is 1.22. The van der Waals surface area contributed by atoms with Gasteiger partial charge in [-0.15, -0.1) is 0 Å². The fourth-order valence-electron chi connectivity index (χ4n) is 2.50. The summed E-state index contributed by atoms with van der Waals surface area (Å²) in [6, 6.07) is 9.06. The van der Waals surface area contributed by atoms with E-state index in [-0.39, 0.29) is 17.0 Å². The minimum absolute atomic E-state index is 0.0244. The number of quaternary nitrogens is 1. The molecular weight excluding hydrogens is 294 g/mol. The van der Waals surface area contributed by atoms with E-state index in [0.29, 0.717) is 26.2 Å². The zero-order chi connectivity index (χ0) is 16.9. The lowest BCUT2D eigenvalue weighted by Crippen LogP contribution is -2.63. The van der Waals surface area contributed by atoms with Crippen LogP contribution in [-0.4, -0.2) is 67.7 Å². The molecule has 2 amide bonds. The third-order valence-corrected chi connectivity index (χ3v) is 4.36. The van der Waals surface area contributed by atoms with Gasteiger partial charge in [-0.2, -0.15) is 0 Å². The van der Waals surface area contributed by atoms with Crippen molar-refractivity contribution in [2.24, 2.45) is 0 Å². The first kappa shape index (κ1) is 17.4. The summed E-state index contributed by atoms with van der Waals surface area (Å²) in [4.78, 5) is 26.7. The summed E-state index contributed by atoms with van der Waals surface area (Å²) in [5.41, 5.74) is 0.934. The molecule has 6 nitrogen and oxygen atoms in total. The van der Waals surface area contributed by atoms with Crippen LogP contribution in [-0.2, 0) is 16.1 Å². The van der Waals surface area contributed by atoms with Crippen LogP contribution >= 0.6 is 0 Å². The van der Waals surface area contributed by atoms with E-state index < -0.39 is 12.1 Å². The Morgan fingerprint density at radius 3 is 2.65 bits per heavy atom. The molecule has 0 aliphatic carbocycles. The number of benzene rings is 1. The van der Waals surface area contributed by atoms with E-state index in [1.165, 1.54) is 0 Å². The van der Waals surface area contributed by atoms with Crippen molar-refractivity contribution in [3.63, 3.8) is 0 Å². The van der Waals surface area contributed by atoms with Crippen molar-refractivity contribution in [3.8, 4) is 0 Å². The fourth-order valence-corrected chi connectivity index (χ4v) is 2.50. The first-order chi connectivity index (χ1) is 11.0. The average Bonchev–Trinajstić information content (AvgIpc) is 2.59. The molecule has 0 unspecified atom stereocenters. The van der Waals surface area contributed by atoms with Crippen molar-refractivity contribution < 1.29 is 18.8 Å². The van der Waals surface area contributed by atoms with Crippen LogP contribution in [0.1, 0.15) is 12.5 Å². The number of piperazine rings is 1. The second-order valence-electron chi connectivity index (χ2n) is 6.29. The number of carbonyl (C=O) groups is 2. The lowest BCUT2D eigenvalue weighted by molar-refractivity contribution is -0.812. The molecule has 2 rings (SSSR count). The van der Waals surface area contributed by atoms with Crippen LogP contribution in [0.5, 0.6) is 0 Å². The van der Waals surface area contributed by atoms with E-state index in [0.717, 1.165) is 5.56 Å². The molecule has 6 heteroatoms. The minimum atomic E-state index is -0.484. The Morgan fingerprint density at radius 1 is 1.30 bits per heavy atom. The highest BCUT2D eigenvalue weighted by atomic mass is 16.6. The normalized spacial score (nSPS) is 18.6. The maximum atomic E-state index is 12.7. The van der Waals surface area contributed by atoms with Crippen LogP contribution in [0.3, 0.4) is 0 Å². The van der Waals surface area contributed by atoms with Crippen LogP contribution in [0, 0.1) is 0 Å². The molecule has 0 radical (unpaired) electrons. The number of nitrogens with one attached hydrogen (secondary N) is 1. The topological polar surface area (TPSA) is 58.6 Å². The van der Waals surface area contributed by atoms with Crippen LogP contribution in [0.2, 0.25) is 0 Å². The first-order valence-electron chi connectivity index (χ1n) is 8.01. The smallest absolute Gasteiger partial charge is 0.411 e. The maximum Gasteiger partial charge on any atom is 0.411 e. The molecule has 1 aromatic carbocycles. The van der Waals surface area contributed by atoms with Crippen LogP contribution in [0.15, 0.2) is 30.3 Å². The number of hydrogen-bond donors (Lipinski definition) is 1. The molecule has 1 N–H and O–H groups in total. The van der Waals surface area contributed by atoms with Gasteiger partial charge in [0.05, 0.1) is 20.6 Å². The highest BCUT2D eigenvalue weighted by Gasteiger charge is 2.41. The van der Waals surface area contributed by atoms with E-state index in [1.807, 2.05) is 51.4 Å². The summed E-state index contributed by atoms with van der Waals surface area (Å²) in [5, 5.41) is 3.19. The van der Waals surface area contributed by atoms with Gasteiger partial charge < -0.3 is 10.1 Å². The fraction of sp³-hybridized carbons (Fsp3) is 0.529. The predicted molar refractivity (Wildman–Crippen MR) is 87.6 cm³/mol. The van der Waals surface area contributed by atoms with Crippen LogP contribution in [0.25, 0.3) is 0 Å². The van der Waals surface area contributed by atoms with Gasteiger partial charge in [-0.25, -0.2) is 9.59 Å². The molecule has 23 heavy (non-hydrogen) atoms. The number of nitrogens with zero attached hydrogens (tertiary/aromatic N) is 2. The zero-order valence-electron chi connectivity index (χ0n) is 14.1. The number of hydrogen-bond acceptors (Lipinski definition) is 4. The van der Waals surface area contributed by atoms with Gasteiger partial charge in [-0.3, -0.25) is 9.38 Å². The summed E-state index contributed by atoms with van der Waals surface area (Å²) in [5.74, 6) is 0.0244. The van der Waals surface area contributed by atoms with E-state index >= 15 is 0 Å². The molecule has 1 fully saturated rings. The second kappa shape index (κ2) is 7.57. The van der Waals surface area contributed by atoms with Crippen molar-refractivity contribution in [3.05, 3.63) is 35.9 Å². The molecule has 1 saturated heterocycles. The van der Waals surface area contributed by atoms with Crippen LogP contribution < -0.4 is 5.32 Å². The lowest BCUT2D eigenvalue weighted by Gasteiger charge is -2.37. The van der Waals surface area contributed by atoms with E-state index in [4.69, 9.17) is 4.74 Å². The second-order valence-corrected chi connectivity index (χ2v) is 6.29. The number of rotatable bonds is 4. The van der Waals surface area contributed by atoms with Crippen molar-refractivity contribution in [2.75, 3.05) is 40.3 Å². The summed E-state index contributed by atoms with van der Waals surface area (Å²) in [7, 11) is 3.73. The SMILES string of the molecule is CC[N+](C)(C)C(=O)[C@@H]1CNCCN1C(=O)OCc1ccccc1. The highest BCUT2D eigenvalue weighted by molar-refractivity contribution is 5.81. The van der Waals surface area contributed by atoms with Crippen LogP contribution in [0.4, 0.5) is 4.79 Å². The molecule has 1 heterocycles. The number of likely N-dealkylation sites (N-methyl/N-ethyl adjacent to an activating group) is 1.